The normalized spacial score (nSPS) is 24.1. The monoisotopic (exact) mass is 665 g/mol. The number of benzene rings is 5. The number of aryl methyl sites for hydroxylation is 1. The van der Waals surface area contributed by atoms with E-state index < -0.39 is 34.5 Å². The molecule has 7 heteroatoms. The summed E-state index contributed by atoms with van der Waals surface area (Å²) in [6, 6.07) is 39.3. The average Bonchev–Trinajstić information content (AvgIpc) is 3.65. The van der Waals surface area contributed by atoms with Gasteiger partial charge in [-0.15, -0.1) is 0 Å². The summed E-state index contributed by atoms with van der Waals surface area (Å²) in [5.74, 6) is -1.79. The third kappa shape index (κ3) is 4.04. The molecule has 6 nitrogen and oxygen atoms in total. The van der Waals surface area contributed by atoms with E-state index in [1.165, 1.54) is 4.90 Å². The summed E-state index contributed by atoms with van der Waals surface area (Å²) in [5, 5.41) is 0.406. The Kier molecular flexibility index (Phi) is 7.12. The van der Waals surface area contributed by atoms with Gasteiger partial charge >= 0.3 is 0 Å². The molecule has 1 heterocycles. The molecule has 0 radical (unpaired) electrons. The fourth-order valence-electron chi connectivity index (χ4n) is 8.70. The summed E-state index contributed by atoms with van der Waals surface area (Å²) in [6.45, 7) is 1.85. The van der Waals surface area contributed by atoms with E-state index in [4.69, 9.17) is 21.1 Å². The van der Waals surface area contributed by atoms with Crippen LogP contribution in [0.3, 0.4) is 0 Å². The quantitative estimate of drug-likeness (QED) is 0.166. The van der Waals surface area contributed by atoms with E-state index in [0.29, 0.717) is 44.5 Å². The van der Waals surface area contributed by atoms with Gasteiger partial charge in [0.2, 0.25) is 11.8 Å². The Morgan fingerprint density at radius 3 is 1.43 bits per heavy atom. The molecule has 0 spiro atoms. The van der Waals surface area contributed by atoms with Crippen LogP contribution in [0, 0.1) is 18.8 Å². The van der Waals surface area contributed by atoms with Gasteiger partial charge in [-0.2, -0.15) is 0 Å². The number of hydrogen-bond acceptors (Lipinski definition) is 5. The van der Waals surface area contributed by atoms with Gasteiger partial charge in [0.15, 0.2) is 5.78 Å². The Hall–Kier alpha value is -5.46. The molecular formula is C42H32ClNO5. The number of halogens is 1. The molecule has 3 aliphatic rings. The number of allylic oxidation sites excluding steroid dienone is 2. The third-order valence-corrected chi connectivity index (χ3v) is 10.9. The van der Waals surface area contributed by atoms with Crippen molar-refractivity contribution in [3.63, 3.8) is 0 Å². The Morgan fingerprint density at radius 1 is 0.592 bits per heavy atom. The first kappa shape index (κ1) is 30.8. The van der Waals surface area contributed by atoms with Crippen molar-refractivity contribution >= 4 is 46.0 Å². The number of methoxy groups -OCH3 is 2. The van der Waals surface area contributed by atoms with Crippen LogP contribution in [0.1, 0.15) is 27.8 Å². The minimum absolute atomic E-state index is 0.187. The highest BCUT2D eigenvalue weighted by Crippen LogP contribution is 2.74. The molecule has 1 aliphatic heterocycles. The highest BCUT2D eigenvalue weighted by molar-refractivity contribution is 6.39. The molecule has 8 rings (SSSR count). The van der Waals surface area contributed by atoms with Gasteiger partial charge in [0.1, 0.15) is 11.5 Å². The number of anilines is 1. The topological polar surface area (TPSA) is 72.9 Å². The van der Waals surface area contributed by atoms with Gasteiger partial charge in [-0.25, -0.2) is 4.90 Å². The molecule has 0 N–H and O–H groups in total. The van der Waals surface area contributed by atoms with Crippen molar-refractivity contribution < 1.29 is 23.9 Å². The van der Waals surface area contributed by atoms with Gasteiger partial charge in [0, 0.05) is 5.02 Å². The molecule has 5 aromatic carbocycles. The van der Waals surface area contributed by atoms with Crippen LogP contribution >= 0.6 is 11.6 Å². The number of carbonyl (C=O) groups excluding carboxylic acids is 3. The smallest absolute Gasteiger partial charge is 0.239 e. The first-order valence-electron chi connectivity index (χ1n) is 16.1. The zero-order valence-electron chi connectivity index (χ0n) is 27.1. The molecule has 2 amide bonds. The van der Waals surface area contributed by atoms with E-state index in [9.17, 15) is 0 Å². The highest BCUT2D eigenvalue weighted by atomic mass is 35.5. The van der Waals surface area contributed by atoms with Gasteiger partial charge in [0.05, 0.1) is 42.6 Å². The zero-order chi connectivity index (χ0) is 34.1. The van der Waals surface area contributed by atoms with Crippen LogP contribution in [0.5, 0.6) is 11.5 Å². The lowest BCUT2D eigenvalue weighted by Gasteiger charge is -2.39. The Balaban J connectivity index is 1.55. The van der Waals surface area contributed by atoms with Crippen molar-refractivity contribution in [1.29, 1.82) is 0 Å². The number of amides is 2. The summed E-state index contributed by atoms with van der Waals surface area (Å²) < 4.78 is 11.0. The number of fused-ring (bicyclic) bond motifs is 5. The highest BCUT2D eigenvalue weighted by Gasteiger charge is 2.82. The fraction of sp³-hybridized carbons (Fsp3) is 0.167. The van der Waals surface area contributed by atoms with Crippen molar-refractivity contribution in [2.24, 2.45) is 11.8 Å². The summed E-state index contributed by atoms with van der Waals surface area (Å²) in [6.07, 6.45) is 0. The summed E-state index contributed by atoms with van der Waals surface area (Å²) in [7, 11) is 3.21. The number of Topliss-reactive ketones (excluding diaryl/α,β-unsaturated/α-hetero) is 1. The van der Waals surface area contributed by atoms with Crippen LogP contribution in [-0.4, -0.2) is 31.8 Å². The zero-order valence-corrected chi connectivity index (χ0v) is 27.9. The van der Waals surface area contributed by atoms with Crippen LogP contribution in [0.15, 0.2) is 127 Å². The third-order valence-electron chi connectivity index (χ3n) is 10.6. The summed E-state index contributed by atoms with van der Waals surface area (Å²) >= 11 is 6.47. The van der Waals surface area contributed by atoms with E-state index in [2.05, 4.69) is 0 Å². The van der Waals surface area contributed by atoms with Gasteiger partial charge < -0.3 is 9.47 Å². The van der Waals surface area contributed by atoms with Crippen LogP contribution < -0.4 is 14.4 Å². The second-order valence-electron chi connectivity index (χ2n) is 12.8. The van der Waals surface area contributed by atoms with E-state index in [-0.39, 0.29) is 5.78 Å². The van der Waals surface area contributed by atoms with Crippen molar-refractivity contribution in [3.05, 3.63) is 160 Å². The molecule has 0 aromatic heterocycles. The molecule has 49 heavy (non-hydrogen) atoms. The molecule has 1 saturated carbocycles. The molecule has 2 bridgehead atoms. The van der Waals surface area contributed by atoms with E-state index >= 15 is 14.4 Å². The number of ketones is 1. The van der Waals surface area contributed by atoms with Gasteiger partial charge in [0.25, 0.3) is 0 Å². The second kappa shape index (κ2) is 11.3. The summed E-state index contributed by atoms with van der Waals surface area (Å²) in [4.78, 5) is 47.7. The Labute approximate surface area is 289 Å². The maximum Gasteiger partial charge on any atom is 0.239 e. The first-order chi connectivity index (χ1) is 23.8. The number of rotatable bonds is 7. The number of hydrogen-bond donors (Lipinski definition) is 0. The number of nitrogens with zero attached hydrogens (tertiary/aromatic N) is 1. The fourth-order valence-corrected chi connectivity index (χ4v) is 8.87. The van der Waals surface area contributed by atoms with Crippen LogP contribution in [0.2, 0.25) is 5.02 Å². The minimum atomic E-state index is -1.51. The Morgan fingerprint density at radius 2 is 1.02 bits per heavy atom. The van der Waals surface area contributed by atoms with Crippen molar-refractivity contribution in [2.45, 2.75) is 17.8 Å². The van der Waals surface area contributed by atoms with Crippen LogP contribution in [-0.2, 0) is 25.2 Å². The number of carbonyl (C=O) groups is 3. The van der Waals surface area contributed by atoms with E-state index in [0.717, 1.165) is 16.7 Å². The second-order valence-corrected chi connectivity index (χ2v) is 13.2. The lowest BCUT2D eigenvalue weighted by atomic mass is 9.59. The lowest BCUT2D eigenvalue weighted by Crippen LogP contribution is -2.45. The maximum absolute atomic E-state index is 16.1. The molecule has 1 saturated heterocycles. The van der Waals surface area contributed by atoms with Gasteiger partial charge in [-0.3, -0.25) is 14.4 Å². The standard InChI is InChI=1S/C42H32ClNO5/c1-25-14-19-30(43)24-33(25)44-38(45)36-37(39(44)46)42(29-12-8-5-9-13-29)35(27-17-22-32(49-3)23-18-27)34(26-15-20-31(48-2)21-16-26)41(36,40(42)47)28-10-6-4-7-11-28/h4-24,36-37H,1-3H3/t36-,37+,41+,42-. The molecule has 4 atom stereocenters. The van der Waals surface area contributed by atoms with Crippen molar-refractivity contribution in [2.75, 3.05) is 19.1 Å². The molecule has 242 valence electrons. The van der Waals surface area contributed by atoms with Crippen molar-refractivity contribution in [3.8, 4) is 11.5 Å². The van der Waals surface area contributed by atoms with Gasteiger partial charge in [-0.05, 0) is 82.3 Å². The van der Waals surface area contributed by atoms with E-state index in [1.54, 1.807) is 32.4 Å². The molecule has 0 unspecified atom stereocenters. The van der Waals surface area contributed by atoms with E-state index in [1.807, 2.05) is 116 Å². The largest absolute Gasteiger partial charge is 0.497 e. The molecule has 5 aromatic rings. The molecule has 2 fully saturated rings. The first-order valence-corrected chi connectivity index (χ1v) is 16.5. The maximum atomic E-state index is 16.1. The number of ether oxygens (including phenoxy) is 2. The Bertz CT molecular complexity index is 2050. The van der Waals surface area contributed by atoms with Crippen LogP contribution in [0.4, 0.5) is 5.69 Å². The van der Waals surface area contributed by atoms with Crippen LogP contribution in [0.25, 0.3) is 11.1 Å². The molecular weight excluding hydrogens is 634 g/mol. The summed E-state index contributed by atoms with van der Waals surface area (Å²) in [5.41, 5.74) is 2.37. The average molecular weight is 666 g/mol. The predicted octanol–water partition coefficient (Wildman–Crippen LogP) is 7.85. The lowest BCUT2D eigenvalue weighted by molar-refractivity contribution is -0.130. The number of imide groups is 1. The van der Waals surface area contributed by atoms with Gasteiger partial charge in [-0.1, -0.05) is 103 Å². The SMILES string of the molecule is COc1ccc(C2=C(c3ccc(OC)cc3)[C@]3(c4ccccc4)C(=O)[C@@]2(c2ccccc2)[C@@H]2C(=O)N(c4cc(Cl)ccc4C)C(=O)[C@@H]23)cc1. The minimum Gasteiger partial charge on any atom is -0.497 e. The molecule has 2 aliphatic carbocycles. The predicted molar refractivity (Wildman–Crippen MR) is 190 cm³/mol. The van der Waals surface area contributed by atoms with Crippen molar-refractivity contribution in [1.82, 2.24) is 0 Å².